The normalized spacial score (nSPS) is 12.4. The first-order valence-electron chi connectivity index (χ1n) is 3.85. The Morgan fingerprint density at radius 1 is 1.46 bits per heavy atom. The van der Waals surface area contributed by atoms with Crippen molar-refractivity contribution in [1.82, 2.24) is 0 Å². The van der Waals surface area contributed by atoms with E-state index < -0.39 is 12.1 Å². The molecule has 4 nitrogen and oxygen atoms in total. The van der Waals surface area contributed by atoms with E-state index in [0.717, 1.165) is 0 Å². The maximum Gasteiger partial charge on any atom is 0.332 e. The molecule has 0 aliphatic rings. The first-order valence-corrected chi connectivity index (χ1v) is 3.85. The Balaban J connectivity index is 2.74. The van der Waals surface area contributed by atoms with Gasteiger partial charge in [0.1, 0.15) is 0 Å². The molecular weight excluding hydrogens is 170 g/mol. The van der Waals surface area contributed by atoms with Crippen LogP contribution < -0.4 is 5.73 Å². The van der Waals surface area contributed by atoms with Gasteiger partial charge >= 0.3 is 5.97 Å². The van der Waals surface area contributed by atoms with Gasteiger partial charge in [-0.25, -0.2) is 4.79 Å². The number of hydrogen-bond acceptors (Lipinski definition) is 3. The number of aliphatic carboxylic acids is 1. The standard InChI is InChI=1S/C9H11NO3/c10-7-4-2-1-3-6(7)5-8(11)9(12)13/h1-4,8,11H,5,10H2,(H,12,13)/t8-/m1/s1. The van der Waals surface area contributed by atoms with E-state index in [1.54, 1.807) is 24.3 Å². The van der Waals surface area contributed by atoms with E-state index in [1.807, 2.05) is 0 Å². The molecule has 0 saturated carbocycles. The van der Waals surface area contributed by atoms with E-state index in [9.17, 15) is 4.79 Å². The van der Waals surface area contributed by atoms with Gasteiger partial charge in [0.15, 0.2) is 6.10 Å². The number of aliphatic hydroxyl groups is 1. The van der Waals surface area contributed by atoms with E-state index in [4.69, 9.17) is 15.9 Å². The molecule has 0 saturated heterocycles. The minimum Gasteiger partial charge on any atom is -0.479 e. The topological polar surface area (TPSA) is 83.5 Å². The number of rotatable bonds is 3. The predicted molar refractivity (Wildman–Crippen MR) is 48.2 cm³/mol. The van der Waals surface area contributed by atoms with Crippen LogP contribution in [0.2, 0.25) is 0 Å². The van der Waals surface area contributed by atoms with Crippen LogP contribution in [0, 0.1) is 0 Å². The van der Waals surface area contributed by atoms with E-state index in [0.29, 0.717) is 11.3 Å². The number of carboxylic acid groups (broad SMARTS) is 1. The van der Waals surface area contributed by atoms with Crippen molar-refractivity contribution in [1.29, 1.82) is 0 Å². The van der Waals surface area contributed by atoms with Crippen LogP contribution in [0.4, 0.5) is 5.69 Å². The lowest BCUT2D eigenvalue weighted by Crippen LogP contribution is -2.22. The molecule has 0 unspecified atom stereocenters. The fraction of sp³-hybridized carbons (Fsp3) is 0.222. The minimum absolute atomic E-state index is 0.0437. The third kappa shape index (κ3) is 2.45. The summed E-state index contributed by atoms with van der Waals surface area (Å²) in [6, 6.07) is 6.87. The zero-order valence-corrected chi connectivity index (χ0v) is 6.97. The van der Waals surface area contributed by atoms with Crippen molar-refractivity contribution in [3.63, 3.8) is 0 Å². The van der Waals surface area contributed by atoms with Crippen molar-refractivity contribution in [2.45, 2.75) is 12.5 Å². The molecular formula is C9H11NO3. The third-order valence-corrected chi connectivity index (χ3v) is 1.75. The number of hydrogen-bond donors (Lipinski definition) is 3. The van der Waals surface area contributed by atoms with Gasteiger partial charge in [0.25, 0.3) is 0 Å². The number of anilines is 1. The highest BCUT2D eigenvalue weighted by molar-refractivity contribution is 5.72. The highest BCUT2D eigenvalue weighted by atomic mass is 16.4. The molecule has 70 valence electrons. The lowest BCUT2D eigenvalue weighted by atomic mass is 10.1. The fourth-order valence-electron chi connectivity index (χ4n) is 1.02. The van der Waals surface area contributed by atoms with E-state index >= 15 is 0 Å². The van der Waals surface area contributed by atoms with Crippen LogP contribution in [0.25, 0.3) is 0 Å². The van der Waals surface area contributed by atoms with Gasteiger partial charge in [-0.1, -0.05) is 18.2 Å². The van der Waals surface area contributed by atoms with Gasteiger partial charge in [0.05, 0.1) is 0 Å². The SMILES string of the molecule is Nc1ccccc1C[C@@H](O)C(=O)O. The lowest BCUT2D eigenvalue weighted by molar-refractivity contribution is -0.146. The average molecular weight is 181 g/mol. The number of nitrogen functional groups attached to an aromatic ring is 1. The number of para-hydroxylation sites is 1. The molecule has 0 aliphatic heterocycles. The maximum atomic E-state index is 10.3. The Morgan fingerprint density at radius 2 is 2.08 bits per heavy atom. The van der Waals surface area contributed by atoms with Crippen LogP contribution in [-0.4, -0.2) is 22.3 Å². The molecule has 1 rings (SSSR count). The van der Waals surface area contributed by atoms with Gasteiger partial charge in [-0.05, 0) is 11.6 Å². The fourth-order valence-corrected chi connectivity index (χ4v) is 1.02. The number of carbonyl (C=O) groups is 1. The summed E-state index contributed by atoms with van der Waals surface area (Å²) in [5.41, 5.74) is 6.72. The van der Waals surface area contributed by atoms with Crippen LogP contribution in [0.3, 0.4) is 0 Å². The van der Waals surface area contributed by atoms with Gasteiger partial charge in [-0.3, -0.25) is 0 Å². The smallest absolute Gasteiger partial charge is 0.332 e. The van der Waals surface area contributed by atoms with Gasteiger partial charge in [-0.2, -0.15) is 0 Å². The van der Waals surface area contributed by atoms with Gasteiger partial charge in [0.2, 0.25) is 0 Å². The highest BCUT2D eigenvalue weighted by Crippen LogP contribution is 2.12. The number of aliphatic hydroxyl groups excluding tert-OH is 1. The summed E-state index contributed by atoms with van der Waals surface area (Å²) >= 11 is 0. The first kappa shape index (κ1) is 9.54. The second-order valence-corrected chi connectivity index (χ2v) is 2.76. The predicted octanol–water partition coefficient (Wildman–Crippen LogP) is 0.257. The monoisotopic (exact) mass is 181 g/mol. The molecule has 1 atom stereocenters. The van der Waals surface area contributed by atoms with Crippen molar-refractivity contribution in [3.05, 3.63) is 29.8 Å². The van der Waals surface area contributed by atoms with Gasteiger partial charge < -0.3 is 15.9 Å². The van der Waals surface area contributed by atoms with E-state index in [-0.39, 0.29) is 6.42 Å². The number of benzene rings is 1. The second-order valence-electron chi connectivity index (χ2n) is 2.76. The summed E-state index contributed by atoms with van der Waals surface area (Å²) in [6.45, 7) is 0. The Bertz CT molecular complexity index is 311. The van der Waals surface area contributed by atoms with Crippen LogP contribution in [-0.2, 0) is 11.2 Å². The van der Waals surface area contributed by atoms with Crippen LogP contribution in [0.1, 0.15) is 5.56 Å². The number of nitrogens with two attached hydrogens (primary N) is 1. The van der Waals surface area contributed by atoms with Crippen LogP contribution in [0.15, 0.2) is 24.3 Å². The largest absolute Gasteiger partial charge is 0.479 e. The lowest BCUT2D eigenvalue weighted by Gasteiger charge is -2.07. The molecule has 0 aliphatic carbocycles. The van der Waals surface area contributed by atoms with Crippen molar-refractivity contribution < 1.29 is 15.0 Å². The first-order chi connectivity index (χ1) is 6.11. The summed E-state index contributed by atoms with van der Waals surface area (Å²) in [4.78, 5) is 10.3. The Morgan fingerprint density at radius 3 is 2.62 bits per heavy atom. The van der Waals surface area contributed by atoms with Crippen molar-refractivity contribution in [2.24, 2.45) is 0 Å². The summed E-state index contributed by atoms with van der Waals surface area (Å²) in [5, 5.41) is 17.5. The molecule has 1 aromatic carbocycles. The minimum atomic E-state index is -1.38. The van der Waals surface area contributed by atoms with Crippen LogP contribution >= 0.6 is 0 Å². The van der Waals surface area contributed by atoms with Gasteiger partial charge in [0, 0.05) is 12.1 Å². The molecule has 1 aromatic rings. The Kier molecular flexibility index (Phi) is 2.87. The molecule has 0 amide bonds. The third-order valence-electron chi connectivity index (χ3n) is 1.75. The summed E-state index contributed by atoms with van der Waals surface area (Å²) in [6.07, 6.45) is -1.34. The van der Waals surface area contributed by atoms with Crippen molar-refractivity contribution in [3.8, 4) is 0 Å². The van der Waals surface area contributed by atoms with E-state index in [2.05, 4.69) is 0 Å². The molecule has 4 heteroatoms. The molecule has 4 N–H and O–H groups in total. The van der Waals surface area contributed by atoms with Crippen molar-refractivity contribution >= 4 is 11.7 Å². The molecule has 0 heterocycles. The molecule has 0 spiro atoms. The quantitative estimate of drug-likeness (QED) is 0.584. The van der Waals surface area contributed by atoms with Gasteiger partial charge in [-0.15, -0.1) is 0 Å². The molecule has 0 bridgehead atoms. The summed E-state index contributed by atoms with van der Waals surface area (Å²) in [5.74, 6) is -1.23. The Hall–Kier alpha value is -1.55. The van der Waals surface area contributed by atoms with Crippen LogP contribution in [0.5, 0.6) is 0 Å². The number of carboxylic acids is 1. The zero-order chi connectivity index (χ0) is 9.84. The van der Waals surface area contributed by atoms with Crippen molar-refractivity contribution in [2.75, 3.05) is 5.73 Å². The molecule has 0 radical (unpaired) electrons. The maximum absolute atomic E-state index is 10.3. The summed E-state index contributed by atoms with van der Waals surface area (Å²) < 4.78 is 0. The Labute approximate surface area is 75.6 Å². The summed E-state index contributed by atoms with van der Waals surface area (Å²) in [7, 11) is 0. The molecule has 0 aromatic heterocycles. The highest BCUT2D eigenvalue weighted by Gasteiger charge is 2.14. The average Bonchev–Trinajstić information content (AvgIpc) is 2.08. The van der Waals surface area contributed by atoms with E-state index in [1.165, 1.54) is 0 Å². The zero-order valence-electron chi connectivity index (χ0n) is 6.97. The molecule has 13 heavy (non-hydrogen) atoms. The molecule has 0 fully saturated rings. The second kappa shape index (κ2) is 3.91.